The lowest BCUT2D eigenvalue weighted by atomic mass is 10.1. The third-order valence-corrected chi connectivity index (χ3v) is 4.31. The highest BCUT2D eigenvalue weighted by Crippen LogP contribution is 2.15. The van der Waals surface area contributed by atoms with Gasteiger partial charge in [0.1, 0.15) is 0 Å². The van der Waals surface area contributed by atoms with Crippen molar-refractivity contribution in [1.82, 2.24) is 5.32 Å². The molecule has 4 heteroatoms. The van der Waals surface area contributed by atoms with Crippen molar-refractivity contribution < 1.29 is 4.79 Å². The van der Waals surface area contributed by atoms with Crippen LogP contribution in [-0.2, 0) is 17.8 Å². The number of aryl methyl sites for hydroxylation is 1. The molecule has 0 unspecified atom stereocenters. The molecule has 2 aromatic rings. The van der Waals surface area contributed by atoms with Crippen LogP contribution in [0, 0.1) is 6.92 Å². The monoisotopic (exact) mass is 288 g/mol. The van der Waals surface area contributed by atoms with E-state index in [0.29, 0.717) is 13.0 Å². The van der Waals surface area contributed by atoms with Crippen molar-refractivity contribution in [2.45, 2.75) is 32.7 Å². The van der Waals surface area contributed by atoms with Crippen LogP contribution in [0.4, 0.5) is 5.69 Å². The zero-order valence-electron chi connectivity index (χ0n) is 11.7. The van der Waals surface area contributed by atoms with E-state index in [2.05, 4.69) is 16.8 Å². The highest BCUT2D eigenvalue weighted by Gasteiger charge is 2.05. The molecule has 20 heavy (non-hydrogen) atoms. The van der Waals surface area contributed by atoms with Crippen LogP contribution in [0.1, 0.15) is 28.8 Å². The second-order valence-electron chi connectivity index (χ2n) is 4.84. The first kappa shape index (κ1) is 14.6. The largest absolute Gasteiger partial charge is 0.399 e. The van der Waals surface area contributed by atoms with Gasteiger partial charge in [0.15, 0.2) is 0 Å². The number of nitrogens with two attached hydrogens (primary N) is 1. The van der Waals surface area contributed by atoms with Gasteiger partial charge < -0.3 is 11.1 Å². The average molecular weight is 288 g/mol. The van der Waals surface area contributed by atoms with Crippen LogP contribution in [0.5, 0.6) is 0 Å². The van der Waals surface area contributed by atoms with Crippen LogP contribution in [0.25, 0.3) is 0 Å². The van der Waals surface area contributed by atoms with Gasteiger partial charge in [-0.2, -0.15) is 0 Å². The van der Waals surface area contributed by atoms with E-state index < -0.39 is 0 Å². The highest BCUT2D eigenvalue weighted by atomic mass is 32.1. The van der Waals surface area contributed by atoms with E-state index >= 15 is 0 Å². The molecule has 1 aromatic carbocycles. The number of nitrogens with one attached hydrogen (secondary N) is 1. The molecule has 1 aromatic heterocycles. The Labute approximate surface area is 123 Å². The van der Waals surface area contributed by atoms with Crippen LogP contribution in [0.15, 0.2) is 35.7 Å². The number of rotatable bonds is 6. The summed E-state index contributed by atoms with van der Waals surface area (Å²) in [5, 5.41) is 5.02. The maximum absolute atomic E-state index is 11.8. The maximum atomic E-state index is 11.8. The number of hydrogen-bond acceptors (Lipinski definition) is 3. The summed E-state index contributed by atoms with van der Waals surface area (Å²) in [5.74, 6) is 0.100. The summed E-state index contributed by atoms with van der Waals surface area (Å²) in [6, 6.07) is 9.95. The van der Waals surface area contributed by atoms with Crippen LogP contribution < -0.4 is 11.1 Å². The second kappa shape index (κ2) is 7.10. The number of carbonyl (C=O) groups excluding carboxylic acids is 1. The second-order valence-corrected chi connectivity index (χ2v) is 5.87. The SMILES string of the molecule is Cc1c(N)cccc1CNC(=O)CCCc1cccs1. The Balaban J connectivity index is 1.73. The van der Waals surface area contributed by atoms with E-state index in [-0.39, 0.29) is 5.91 Å². The van der Waals surface area contributed by atoms with Gasteiger partial charge in [0.25, 0.3) is 0 Å². The number of benzene rings is 1. The van der Waals surface area contributed by atoms with Gasteiger partial charge >= 0.3 is 0 Å². The molecule has 0 fully saturated rings. The molecule has 0 spiro atoms. The van der Waals surface area contributed by atoms with Crippen molar-refractivity contribution >= 4 is 22.9 Å². The fourth-order valence-electron chi connectivity index (χ4n) is 2.06. The van der Waals surface area contributed by atoms with Gasteiger partial charge in [-0.1, -0.05) is 18.2 Å². The summed E-state index contributed by atoms with van der Waals surface area (Å²) in [6.45, 7) is 2.53. The topological polar surface area (TPSA) is 55.1 Å². The fraction of sp³-hybridized carbons (Fsp3) is 0.312. The predicted molar refractivity (Wildman–Crippen MR) is 84.7 cm³/mol. The molecule has 106 valence electrons. The first-order valence-electron chi connectivity index (χ1n) is 6.80. The van der Waals surface area contributed by atoms with Gasteiger partial charge in [-0.15, -0.1) is 11.3 Å². The van der Waals surface area contributed by atoms with Crippen molar-refractivity contribution in [3.63, 3.8) is 0 Å². The molecule has 0 saturated heterocycles. The molecule has 0 saturated carbocycles. The quantitative estimate of drug-likeness (QED) is 0.801. The molecule has 0 bridgehead atoms. The number of anilines is 1. The number of carbonyl (C=O) groups is 1. The lowest BCUT2D eigenvalue weighted by Crippen LogP contribution is -2.23. The normalized spacial score (nSPS) is 10.4. The number of amides is 1. The number of hydrogen-bond donors (Lipinski definition) is 2. The Morgan fingerprint density at radius 1 is 1.30 bits per heavy atom. The van der Waals surface area contributed by atoms with Crippen molar-refractivity contribution in [2.24, 2.45) is 0 Å². The Morgan fingerprint density at radius 2 is 2.15 bits per heavy atom. The molecule has 0 aliphatic carbocycles. The van der Waals surface area contributed by atoms with E-state index in [1.54, 1.807) is 11.3 Å². The zero-order chi connectivity index (χ0) is 14.4. The van der Waals surface area contributed by atoms with Crippen LogP contribution >= 0.6 is 11.3 Å². The summed E-state index contributed by atoms with van der Waals surface area (Å²) in [6.07, 6.45) is 2.43. The summed E-state index contributed by atoms with van der Waals surface area (Å²) in [7, 11) is 0. The van der Waals surface area contributed by atoms with Gasteiger partial charge in [0, 0.05) is 23.5 Å². The summed E-state index contributed by atoms with van der Waals surface area (Å²) in [4.78, 5) is 13.1. The Kier molecular flexibility index (Phi) is 5.18. The molecule has 0 aliphatic heterocycles. The number of thiophene rings is 1. The summed E-state index contributed by atoms with van der Waals surface area (Å²) in [5.41, 5.74) is 8.75. The Morgan fingerprint density at radius 3 is 2.90 bits per heavy atom. The molecule has 0 radical (unpaired) electrons. The van der Waals surface area contributed by atoms with Gasteiger partial charge in [0.2, 0.25) is 5.91 Å². The van der Waals surface area contributed by atoms with Crippen molar-refractivity contribution in [3.8, 4) is 0 Å². The van der Waals surface area contributed by atoms with Crippen LogP contribution in [-0.4, -0.2) is 5.91 Å². The van der Waals surface area contributed by atoms with E-state index in [9.17, 15) is 4.79 Å². The van der Waals surface area contributed by atoms with E-state index in [4.69, 9.17) is 5.73 Å². The summed E-state index contributed by atoms with van der Waals surface area (Å²) < 4.78 is 0. The molecule has 1 heterocycles. The molecule has 3 N–H and O–H groups in total. The first-order valence-corrected chi connectivity index (χ1v) is 7.68. The van der Waals surface area contributed by atoms with Crippen molar-refractivity contribution in [2.75, 3.05) is 5.73 Å². The molecule has 0 aliphatic rings. The van der Waals surface area contributed by atoms with E-state index in [1.165, 1.54) is 4.88 Å². The van der Waals surface area contributed by atoms with Crippen LogP contribution in [0.2, 0.25) is 0 Å². The third-order valence-electron chi connectivity index (χ3n) is 3.37. The minimum Gasteiger partial charge on any atom is -0.399 e. The fourth-order valence-corrected chi connectivity index (χ4v) is 2.81. The maximum Gasteiger partial charge on any atom is 0.220 e. The van der Waals surface area contributed by atoms with Crippen molar-refractivity contribution in [1.29, 1.82) is 0 Å². The molecule has 2 rings (SSSR count). The first-order chi connectivity index (χ1) is 9.66. The van der Waals surface area contributed by atoms with Gasteiger partial charge in [-0.3, -0.25) is 4.79 Å². The van der Waals surface area contributed by atoms with Crippen LogP contribution in [0.3, 0.4) is 0 Å². The van der Waals surface area contributed by atoms with E-state index in [1.807, 2.05) is 31.2 Å². The molecular weight excluding hydrogens is 268 g/mol. The van der Waals surface area contributed by atoms with Gasteiger partial charge in [0.05, 0.1) is 0 Å². The van der Waals surface area contributed by atoms with E-state index in [0.717, 1.165) is 29.7 Å². The molecule has 3 nitrogen and oxygen atoms in total. The lowest BCUT2D eigenvalue weighted by molar-refractivity contribution is -0.121. The lowest BCUT2D eigenvalue weighted by Gasteiger charge is -2.09. The summed E-state index contributed by atoms with van der Waals surface area (Å²) >= 11 is 1.74. The van der Waals surface area contributed by atoms with Gasteiger partial charge in [-0.25, -0.2) is 0 Å². The average Bonchev–Trinajstić information content (AvgIpc) is 2.94. The Bertz CT molecular complexity index is 564. The molecule has 0 atom stereocenters. The Hall–Kier alpha value is -1.81. The van der Waals surface area contributed by atoms with Crippen molar-refractivity contribution in [3.05, 3.63) is 51.7 Å². The smallest absolute Gasteiger partial charge is 0.220 e. The predicted octanol–water partition coefficient (Wildman–Crippen LogP) is 3.28. The molecular formula is C16H20N2OS. The highest BCUT2D eigenvalue weighted by molar-refractivity contribution is 7.09. The minimum absolute atomic E-state index is 0.100. The minimum atomic E-state index is 0.100. The number of nitrogen functional groups attached to an aromatic ring is 1. The van der Waals surface area contributed by atoms with Gasteiger partial charge in [-0.05, 0) is 48.4 Å². The third kappa shape index (κ3) is 4.10. The molecule has 1 amide bonds. The zero-order valence-corrected chi connectivity index (χ0v) is 12.5. The standard InChI is InChI=1S/C16H20N2OS/c1-12-13(5-2-8-15(12)17)11-18-16(19)9-3-6-14-7-4-10-20-14/h2,4-5,7-8,10H,3,6,9,11,17H2,1H3,(H,18,19).